The molecule has 2 aromatic rings. The van der Waals surface area contributed by atoms with Gasteiger partial charge in [0.2, 0.25) is 15.8 Å². The zero-order valence-corrected chi connectivity index (χ0v) is 15.4. The van der Waals surface area contributed by atoms with Crippen molar-refractivity contribution < 1.29 is 13.2 Å². The maximum atomic E-state index is 12.2. The Kier molecular flexibility index (Phi) is 5.18. The number of urea groups is 1. The minimum Gasteiger partial charge on any atom is -0.335 e. The smallest absolute Gasteiger partial charge is 0.319 e. The number of hydrogen-bond donors (Lipinski definition) is 2. The Morgan fingerprint density at radius 1 is 1.27 bits per heavy atom. The van der Waals surface area contributed by atoms with Crippen LogP contribution < -0.4 is 10.6 Å². The number of benzene rings is 1. The lowest BCUT2D eigenvalue weighted by atomic mass is 10.1. The molecule has 1 aliphatic rings. The number of rotatable bonds is 4. The van der Waals surface area contributed by atoms with Crippen molar-refractivity contribution in [2.75, 3.05) is 24.7 Å². The van der Waals surface area contributed by atoms with Gasteiger partial charge in [0.15, 0.2) is 0 Å². The molecule has 0 aliphatic carbocycles. The van der Waals surface area contributed by atoms with Crippen LogP contribution in [0.2, 0.25) is 0 Å². The van der Waals surface area contributed by atoms with Crippen LogP contribution in [0, 0.1) is 0 Å². The minimum atomic E-state index is -3.17. The van der Waals surface area contributed by atoms with Crippen LogP contribution in [0.5, 0.6) is 0 Å². The molecular weight excluding hydrogens is 358 g/mol. The third kappa shape index (κ3) is 4.55. The Hall–Kier alpha value is -2.53. The maximum absolute atomic E-state index is 12.2. The topological polar surface area (TPSA) is 122 Å². The molecule has 0 radical (unpaired) electrons. The zero-order valence-electron chi connectivity index (χ0n) is 14.6. The summed E-state index contributed by atoms with van der Waals surface area (Å²) in [5.41, 5.74) is 1.36. The van der Waals surface area contributed by atoms with E-state index >= 15 is 0 Å². The van der Waals surface area contributed by atoms with E-state index in [1.54, 1.807) is 25.2 Å². The highest BCUT2D eigenvalue weighted by Crippen LogP contribution is 2.19. The lowest BCUT2D eigenvalue weighted by Gasteiger charge is -2.30. The first-order valence-electron chi connectivity index (χ1n) is 8.18. The Labute approximate surface area is 151 Å². The molecule has 2 N–H and O–H groups in total. The molecule has 1 aromatic carbocycles. The number of carbonyl (C=O) groups is 1. The van der Waals surface area contributed by atoms with Crippen LogP contribution in [0.15, 0.2) is 24.3 Å². The molecule has 1 fully saturated rings. The molecule has 0 saturated carbocycles. The van der Waals surface area contributed by atoms with Crippen molar-refractivity contribution in [1.29, 1.82) is 0 Å². The Balaban J connectivity index is 1.56. The zero-order chi connectivity index (χ0) is 18.7. The van der Waals surface area contributed by atoms with E-state index in [0.717, 1.165) is 5.56 Å². The number of piperidine rings is 1. The van der Waals surface area contributed by atoms with Crippen LogP contribution in [0.3, 0.4) is 0 Å². The van der Waals surface area contributed by atoms with E-state index in [4.69, 9.17) is 0 Å². The van der Waals surface area contributed by atoms with Gasteiger partial charge >= 0.3 is 6.03 Å². The summed E-state index contributed by atoms with van der Waals surface area (Å²) >= 11 is 0. The molecular formula is C15H21N7O3S. The van der Waals surface area contributed by atoms with E-state index in [0.29, 0.717) is 37.4 Å². The maximum Gasteiger partial charge on any atom is 0.319 e. The Bertz CT molecular complexity index is 888. The summed E-state index contributed by atoms with van der Waals surface area (Å²) in [4.78, 5) is 13.6. The van der Waals surface area contributed by atoms with Gasteiger partial charge < -0.3 is 10.6 Å². The average Bonchev–Trinajstić information content (AvgIpc) is 3.01. The number of tetrazole rings is 1. The van der Waals surface area contributed by atoms with Crippen LogP contribution in [0.1, 0.15) is 12.8 Å². The highest BCUT2D eigenvalue weighted by atomic mass is 32.2. The van der Waals surface area contributed by atoms with E-state index in [1.807, 2.05) is 6.07 Å². The molecule has 1 aliphatic heterocycles. The molecule has 1 saturated heterocycles. The largest absolute Gasteiger partial charge is 0.335 e. The standard InChI is InChI=1S/C15H21N7O3S/c1-21-19-14(18-20-21)11-4-3-5-13(10-11)17-15(23)16-12-6-8-22(9-7-12)26(2,24)25/h3-5,10,12H,6-9H2,1-2H3,(H2,16,17,23). The van der Waals surface area contributed by atoms with E-state index in [1.165, 1.54) is 15.4 Å². The van der Waals surface area contributed by atoms with Crippen molar-refractivity contribution in [1.82, 2.24) is 29.8 Å². The summed E-state index contributed by atoms with van der Waals surface area (Å²) in [6.45, 7) is 0.829. The van der Waals surface area contributed by atoms with Crippen molar-refractivity contribution >= 4 is 21.7 Å². The van der Waals surface area contributed by atoms with Crippen molar-refractivity contribution in [3.63, 3.8) is 0 Å². The summed E-state index contributed by atoms with van der Waals surface area (Å²) < 4.78 is 24.5. The summed E-state index contributed by atoms with van der Waals surface area (Å²) in [6, 6.07) is 6.78. The van der Waals surface area contributed by atoms with E-state index in [2.05, 4.69) is 26.0 Å². The molecule has 0 spiro atoms. The predicted octanol–water partition coefficient (Wildman–Crippen LogP) is 0.423. The quantitative estimate of drug-likeness (QED) is 0.794. The van der Waals surface area contributed by atoms with Gasteiger partial charge in [-0.1, -0.05) is 12.1 Å². The van der Waals surface area contributed by atoms with Crippen molar-refractivity contribution in [2.24, 2.45) is 7.05 Å². The first kappa shape index (κ1) is 18.3. The molecule has 10 nitrogen and oxygen atoms in total. The number of anilines is 1. The van der Waals surface area contributed by atoms with E-state index in [-0.39, 0.29) is 12.1 Å². The number of aromatic nitrogens is 4. The fourth-order valence-electron chi connectivity index (χ4n) is 2.82. The molecule has 11 heteroatoms. The molecule has 2 heterocycles. The molecule has 2 amide bonds. The normalized spacial score (nSPS) is 16.4. The lowest BCUT2D eigenvalue weighted by molar-refractivity contribution is 0.238. The number of sulfonamides is 1. The highest BCUT2D eigenvalue weighted by molar-refractivity contribution is 7.88. The number of nitrogens with zero attached hydrogens (tertiary/aromatic N) is 5. The molecule has 26 heavy (non-hydrogen) atoms. The number of amides is 2. The number of nitrogens with one attached hydrogen (secondary N) is 2. The molecule has 1 aromatic heterocycles. The number of aryl methyl sites for hydroxylation is 1. The number of hydrogen-bond acceptors (Lipinski definition) is 6. The van der Waals surface area contributed by atoms with Crippen LogP contribution in [-0.2, 0) is 17.1 Å². The first-order chi connectivity index (χ1) is 12.3. The summed E-state index contributed by atoms with van der Waals surface area (Å²) in [5, 5.41) is 17.5. The van der Waals surface area contributed by atoms with Gasteiger partial charge in [-0.15, -0.1) is 10.2 Å². The van der Waals surface area contributed by atoms with E-state index < -0.39 is 10.0 Å². The Morgan fingerprint density at radius 3 is 2.62 bits per heavy atom. The van der Waals surface area contributed by atoms with Gasteiger partial charge in [-0.05, 0) is 30.2 Å². The molecule has 3 rings (SSSR count). The predicted molar refractivity (Wildman–Crippen MR) is 95.8 cm³/mol. The first-order valence-corrected chi connectivity index (χ1v) is 10.0. The Morgan fingerprint density at radius 2 is 2.00 bits per heavy atom. The van der Waals surface area contributed by atoms with E-state index in [9.17, 15) is 13.2 Å². The molecule has 0 unspecified atom stereocenters. The monoisotopic (exact) mass is 379 g/mol. The van der Waals surface area contributed by atoms with Crippen molar-refractivity contribution in [3.05, 3.63) is 24.3 Å². The third-order valence-corrected chi connectivity index (χ3v) is 5.45. The summed E-state index contributed by atoms with van der Waals surface area (Å²) in [7, 11) is -1.49. The lowest BCUT2D eigenvalue weighted by Crippen LogP contribution is -2.47. The van der Waals surface area contributed by atoms with Gasteiger partial charge in [0.05, 0.1) is 13.3 Å². The van der Waals surface area contributed by atoms with Crippen LogP contribution >= 0.6 is 0 Å². The second-order valence-electron chi connectivity index (χ2n) is 6.22. The average molecular weight is 379 g/mol. The summed E-state index contributed by atoms with van der Waals surface area (Å²) in [5.74, 6) is 0.477. The van der Waals surface area contributed by atoms with Gasteiger partial charge in [0.1, 0.15) is 0 Å². The fourth-order valence-corrected chi connectivity index (χ4v) is 3.69. The molecule has 140 valence electrons. The SMILES string of the molecule is Cn1nnc(-c2cccc(NC(=O)NC3CCN(S(C)(=O)=O)CC3)c2)n1. The number of carbonyl (C=O) groups excluding carboxylic acids is 1. The van der Waals surface area contributed by atoms with Crippen LogP contribution in [0.4, 0.5) is 10.5 Å². The van der Waals surface area contributed by atoms with Gasteiger partial charge in [-0.2, -0.15) is 4.80 Å². The summed E-state index contributed by atoms with van der Waals surface area (Å²) in [6.07, 6.45) is 2.38. The molecule has 0 bridgehead atoms. The highest BCUT2D eigenvalue weighted by Gasteiger charge is 2.25. The van der Waals surface area contributed by atoms with Gasteiger partial charge in [-0.25, -0.2) is 17.5 Å². The van der Waals surface area contributed by atoms with Crippen molar-refractivity contribution in [3.8, 4) is 11.4 Å². The van der Waals surface area contributed by atoms with Crippen molar-refractivity contribution in [2.45, 2.75) is 18.9 Å². The van der Waals surface area contributed by atoms with Gasteiger partial charge in [0, 0.05) is 30.4 Å². The second-order valence-corrected chi connectivity index (χ2v) is 8.20. The third-order valence-electron chi connectivity index (χ3n) is 4.15. The van der Waals surface area contributed by atoms with Crippen LogP contribution in [-0.4, -0.2) is 64.3 Å². The van der Waals surface area contributed by atoms with Crippen LogP contribution in [0.25, 0.3) is 11.4 Å². The van der Waals surface area contributed by atoms with Gasteiger partial charge in [0.25, 0.3) is 0 Å². The van der Waals surface area contributed by atoms with Gasteiger partial charge in [-0.3, -0.25) is 0 Å². The second kappa shape index (κ2) is 7.38. The minimum absolute atomic E-state index is 0.0576. The molecule has 0 atom stereocenters. The fraction of sp³-hybridized carbons (Fsp3) is 0.467.